The number of nitrogens with zero attached hydrogens (tertiary/aromatic N) is 3. The lowest BCUT2D eigenvalue weighted by Gasteiger charge is -2.36. The molecular weight excluding hydrogens is 494 g/mol. The number of carbonyl (C=O) groups excluding carboxylic acids is 4. The Morgan fingerprint density at radius 2 is 1.41 bits per heavy atom. The van der Waals surface area contributed by atoms with Crippen LogP contribution < -0.4 is 4.90 Å². The van der Waals surface area contributed by atoms with Crippen molar-refractivity contribution in [2.24, 2.45) is 0 Å². The van der Waals surface area contributed by atoms with Gasteiger partial charge in [-0.3, -0.25) is 19.3 Å². The highest BCUT2D eigenvalue weighted by molar-refractivity contribution is 6.22. The maximum Gasteiger partial charge on any atom is 0.338 e. The summed E-state index contributed by atoms with van der Waals surface area (Å²) in [5, 5.41) is 0. The zero-order valence-electron chi connectivity index (χ0n) is 21.9. The number of rotatable bonds is 8. The number of hydrogen-bond donors (Lipinski definition) is 0. The molecule has 39 heavy (non-hydrogen) atoms. The number of ether oxygens (including phenoxy) is 1. The molecule has 0 bridgehead atoms. The molecule has 0 aliphatic carbocycles. The van der Waals surface area contributed by atoms with E-state index in [9.17, 15) is 19.2 Å². The average molecular weight is 526 g/mol. The molecule has 0 N–H and O–H groups in total. The Hall–Kier alpha value is -4.14. The second kappa shape index (κ2) is 11.7. The molecule has 8 nitrogen and oxygen atoms in total. The molecule has 0 saturated carbocycles. The van der Waals surface area contributed by atoms with Crippen LogP contribution >= 0.6 is 0 Å². The van der Waals surface area contributed by atoms with Crippen LogP contribution in [-0.4, -0.2) is 78.7 Å². The Morgan fingerprint density at radius 3 is 2.05 bits per heavy atom. The van der Waals surface area contributed by atoms with Crippen molar-refractivity contribution in [1.29, 1.82) is 0 Å². The lowest BCUT2D eigenvalue weighted by Crippen LogP contribution is -2.52. The fourth-order valence-electron chi connectivity index (χ4n) is 5.09. The standard InChI is InChI=1S/C31H31N3O5/c1-2-32-16-18-33(19-17-32)27-20-29(36)34(30(27)37)26-14-12-25(13-15-26)31(38)39-21-28(35)24-10-8-23(9-11-24)22-6-4-3-5-7-22/h3-15,27H,2,16-21H2,1H3. The van der Waals surface area contributed by atoms with Crippen LogP contribution in [0, 0.1) is 0 Å². The first kappa shape index (κ1) is 26.5. The molecule has 2 fully saturated rings. The maximum absolute atomic E-state index is 13.1. The number of amides is 2. The number of likely N-dealkylation sites (N-methyl/N-ethyl adjacent to an activating group) is 1. The Balaban J connectivity index is 1.16. The van der Waals surface area contributed by atoms with Crippen molar-refractivity contribution in [3.8, 4) is 11.1 Å². The van der Waals surface area contributed by atoms with Gasteiger partial charge >= 0.3 is 5.97 Å². The van der Waals surface area contributed by atoms with Crippen LogP contribution in [0.4, 0.5) is 5.69 Å². The van der Waals surface area contributed by atoms with E-state index in [1.807, 2.05) is 42.5 Å². The number of benzene rings is 3. The van der Waals surface area contributed by atoms with E-state index < -0.39 is 12.0 Å². The Bertz CT molecular complexity index is 1350. The van der Waals surface area contributed by atoms with E-state index in [0.29, 0.717) is 11.3 Å². The van der Waals surface area contributed by atoms with Crippen LogP contribution in [0.5, 0.6) is 0 Å². The Morgan fingerprint density at radius 1 is 0.795 bits per heavy atom. The number of hydrogen-bond acceptors (Lipinski definition) is 7. The lowest BCUT2D eigenvalue weighted by atomic mass is 10.0. The smallest absolute Gasteiger partial charge is 0.338 e. The van der Waals surface area contributed by atoms with Gasteiger partial charge in [-0.25, -0.2) is 9.69 Å². The predicted octanol–water partition coefficient (Wildman–Crippen LogP) is 3.66. The molecule has 3 aromatic rings. The van der Waals surface area contributed by atoms with Gasteiger partial charge in [-0.05, 0) is 41.9 Å². The minimum absolute atomic E-state index is 0.156. The van der Waals surface area contributed by atoms with Gasteiger partial charge < -0.3 is 9.64 Å². The van der Waals surface area contributed by atoms with Crippen LogP contribution in [0.25, 0.3) is 11.1 Å². The molecule has 3 aromatic carbocycles. The van der Waals surface area contributed by atoms with Crippen molar-refractivity contribution in [3.05, 3.63) is 90.0 Å². The molecule has 0 radical (unpaired) electrons. The molecule has 1 unspecified atom stereocenters. The molecular formula is C31H31N3O5. The fraction of sp³-hybridized carbons (Fsp3) is 0.290. The number of Topliss-reactive ketones (excluding diaryl/α,β-unsaturated/α-hetero) is 1. The zero-order valence-corrected chi connectivity index (χ0v) is 21.9. The number of carbonyl (C=O) groups is 4. The number of esters is 1. The molecule has 2 saturated heterocycles. The van der Waals surface area contributed by atoms with Crippen molar-refractivity contribution in [3.63, 3.8) is 0 Å². The second-order valence-corrected chi connectivity index (χ2v) is 9.75. The third-order valence-electron chi connectivity index (χ3n) is 7.43. The van der Waals surface area contributed by atoms with Gasteiger partial charge in [-0.1, -0.05) is 61.5 Å². The van der Waals surface area contributed by atoms with Gasteiger partial charge in [0.25, 0.3) is 5.91 Å². The second-order valence-electron chi connectivity index (χ2n) is 9.75. The van der Waals surface area contributed by atoms with Crippen molar-refractivity contribution < 1.29 is 23.9 Å². The molecule has 2 aliphatic heterocycles. The highest BCUT2D eigenvalue weighted by Crippen LogP contribution is 2.27. The summed E-state index contributed by atoms with van der Waals surface area (Å²) in [6.07, 6.45) is 0.156. The monoisotopic (exact) mass is 525 g/mol. The first-order valence-electron chi connectivity index (χ1n) is 13.2. The largest absolute Gasteiger partial charge is 0.454 e. The topological polar surface area (TPSA) is 87.2 Å². The van der Waals surface area contributed by atoms with Crippen molar-refractivity contribution in [1.82, 2.24) is 9.80 Å². The molecule has 2 heterocycles. The molecule has 0 aromatic heterocycles. The van der Waals surface area contributed by atoms with Crippen LogP contribution in [-0.2, 0) is 14.3 Å². The summed E-state index contributed by atoms with van der Waals surface area (Å²) >= 11 is 0. The molecule has 2 aliphatic rings. The number of imide groups is 1. The molecule has 5 rings (SSSR count). The minimum atomic E-state index is -0.651. The summed E-state index contributed by atoms with van der Waals surface area (Å²) in [5.74, 6) is -1.44. The van der Waals surface area contributed by atoms with Crippen LogP contribution in [0.3, 0.4) is 0 Å². The zero-order chi connectivity index (χ0) is 27.4. The average Bonchev–Trinajstić information content (AvgIpc) is 3.29. The molecule has 8 heteroatoms. The molecule has 0 spiro atoms. The number of piperazine rings is 1. The highest BCUT2D eigenvalue weighted by atomic mass is 16.5. The van der Waals surface area contributed by atoms with E-state index in [-0.39, 0.29) is 36.2 Å². The molecule has 1 atom stereocenters. The van der Waals surface area contributed by atoms with Gasteiger partial charge in [0, 0.05) is 31.7 Å². The maximum atomic E-state index is 13.1. The number of ketones is 1. The quantitative estimate of drug-likeness (QED) is 0.252. The van der Waals surface area contributed by atoms with Gasteiger partial charge in [0.1, 0.15) is 0 Å². The fourth-order valence-corrected chi connectivity index (χ4v) is 5.09. The van der Waals surface area contributed by atoms with E-state index in [4.69, 9.17) is 4.74 Å². The van der Waals surface area contributed by atoms with Gasteiger partial charge in [0.15, 0.2) is 12.4 Å². The van der Waals surface area contributed by atoms with Crippen molar-refractivity contribution >= 4 is 29.3 Å². The Kier molecular flexibility index (Phi) is 7.95. The predicted molar refractivity (Wildman–Crippen MR) is 148 cm³/mol. The van der Waals surface area contributed by atoms with Crippen molar-refractivity contribution in [2.75, 3.05) is 44.2 Å². The first-order chi connectivity index (χ1) is 18.9. The van der Waals surface area contributed by atoms with Crippen molar-refractivity contribution in [2.45, 2.75) is 19.4 Å². The third kappa shape index (κ3) is 5.82. The third-order valence-corrected chi connectivity index (χ3v) is 7.43. The normalized spacial score (nSPS) is 18.4. The lowest BCUT2D eigenvalue weighted by molar-refractivity contribution is -0.123. The SMILES string of the molecule is CCN1CCN(C2CC(=O)N(c3ccc(C(=O)OCC(=O)c4ccc(-c5ccccc5)cc4)cc3)C2=O)CC1. The summed E-state index contributed by atoms with van der Waals surface area (Å²) in [4.78, 5) is 56.6. The van der Waals surface area contributed by atoms with Crippen LogP contribution in [0.1, 0.15) is 34.1 Å². The summed E-state index contributed by atoms with van der Waals surface area (Å²) in [6.45, 7) is 5.98. The first-order valence-corrected chi connectivity index (χ1v) is 13.2. The summed E-state index contributed by atoms with van der Waals surface area (Å²) < 4.78 is 5.23. The van der Waals surface area contributed by atoms with E-state index in [1.54, 1.807) is 24.3 Å². The summed E-state index contributed by atoms with van der Waals surface area (Å²) in [7, 11) is 0. The van der Waals surface area contributed by atoms with Gasteiger partial charge in [0.05, 0.1) is 23.7 Å². The van der Waals surface area contributed by atoms with Gasteiger partial charge in [0.2, 0.25) is 5.91 Å². The number of anilines is 1. The molecule has 200 valence electrons. The Labute approximate surface area is 227 Å². The van der Waals surface area contributed by atoms with E-state index in [2.05, 4.69) is 16.7 Å². The van der Waals surface area contributed by atoms with E-state index >= 15 is 0 Å². The van der Waals surface area contributed by atoms with Gasteiger partial charge in [-0.2, -0.15) is 0 Å². The summed E-state index contributed by atoms with van der Waals surface area (Å²) in [5.41, 5.74) is 3.15. The van der Waals surface area contributed by atoms with E-state index in [0.717, 1.165) is 43.9 Å². The van der Waals surface area contributed by atoms with Crippen LogP contribution in [0.2, 0.25) is 0 Å². The highest BCUT2D eigenvalue weighted by Gasteiger charge is 2.43. The van der Waals surface area contributed by atoms with E-state index in [1.165, 1.54) is 17.0 Å². The van der Waals surface area contributed by atoms with Gasteiger partial charge in [-0.15, -0.1) is 0 Å². The summed E-state index contributed by atoms with van der Waals surface area (Å²) in [6, 6.07) is 22.7. The minimum Gasteiger partial charge on any atom is -0.454 e. The van der Waals surface area contributed by atoms with Crippen LogP contribution in [0.15, 0.2) is 78.9 Å². The molecule has 2 amide bonds.